The van der Waals surface area contributed by atoms with Crippen LogP contribution in [-0.4, -0.2) is 7.11 Å². The molecule has 0 amide bonds. The van der Waals surface area contributed by atoms with Crippen LogP contribution in [0.2, 0.25) is 0 Å². The highest BCUT2D eigenvalue weighted by molar-refractivity contribution is 5.68. The lowest BCUT2D eigenvalue weighted by Gasteiger charge is -2.13. The lowest BCUT2D eigenvalue weighted by atomic mass is 9.97. The number of methoxy groups -OCH3 is 1. The Hall–Kier alpha value is -1.57. The average molecular weight is 204 g/mol. The SMILES string of the molecule is COC1=CC=C(c2ccc(F)cc2)CC1. The maximum absolute atomic E-state index is 12.7. The minimum atomic E-state index is -0.191. The fourth-order valence-electron chi connectivity index (χ4n) is 1.69. The van der Waals surface area contributed by atoms with Crippen molar-refractivity contribution in [3.05, 3.63) is 53.6 Å². The number of benzene rings is 1. The van der Waals surface area contributed by atoms with E-state index >= 15 is 0 Å². The molecule has 0 atom stereocenters. The maximum atomic E-state index is 12.7. The van der Waals surface area contributed by atoms with E-state index in [9.17, 15) is 4.39 Å². The van der Waals surface area contributed by atoms with Gasteiger partial charge in [0, 0.05) is 6.42 Å². The molecule has 1 aliphatic rings. The molecule has 1 nitrogen and oxygen atoms in total. The van der Waals surface area contributed by atoms with Crippen LogP contribution < -0.4 is 0 Å². The van der Waals surface area contributed by atoms with Crippen molar-refractivity contribution in [2.24, 2.45) is 0 Å². The zero-order valence-electron chi connectivity index (χ0n) is 8.66. The summed E-state index contributed by atoms with van der Waals surface area (Å²) in [6.45, 7) is 0. The lowest BCUT2D eigenvalue weighted by Crippen LogP contribution is -1.95. The monoisotopic (exact) mass is 204 g/mol. The molecule has 0 saturated carbocycles. The largest absolute Gasteiger partial charge is 0.501 e. The van der Waals surface area contributed by atoms with Gasteiger partial charge in [0.25, 0.3) is 0 Å². The first kappa shape index (κ1) is 9.97. The average Bonchev–Trinajstić information content (AvgIpc) is 2.30. The van der Waals surface area contributed by atoms with Crippen molar-refractivity contribution in [3.63, 3.8) is 0 Å². The normalized spacial score (nSPS) is 15.6. The Morgan fingerprint density at radius 2 is 1.80 bits per heavy atom. The van der Waals surface area contributed by atoms with E-state index in [0.29, 0.717) is 0 Å². The van der Waals surface area contributed by atoms with Crippen LogP contribution in [0, 0.1) is 5.82 Å². The number of halogens is 1. The van der Waals surface area contributed by atoms with Crippen molar-refractivity contribution in [2.45, 2.75) is 12.8 Å². The molecular weight excluding hydrogens is 191 g/mol. The molecule has 0 fully saturated rings. The van der Waals surface area contributed by atoms with Crippen LogP contribution in [0.5, 0.6) is 0 Å². The van der Waals surface area contributed by atoms with Crippen LogP contribution >= 0.6 is 0 Å². The second-order valence-corrected chi connectivity index (χ2v) is 3.54. The molecular formula is C13H13FO. The second-order valence-electron chi connectivity index (χ2n) is 3.54. The summed E-state index contributed by atoms with van der Waals surface area (Å²) in [6.07, 6.45) is 5.88. The Bertz CT molecular complexity index is 401. The van der Waals surface area contributed by atoms with E-state index < -0.39 is 0 Å². The standard InChI is InChI=1S/C13H13FO/c1-15-13-8-4-11(5-9-13)10-2-6-12(14)7-3-10/h2-4,6-8H,5,9H2,1H3. The Balaban J connectivity index is 2.22. The van der Waals surface area contributed by atoms with Crippen molar-refractivity contribution in [2.75, 3.05) is 7.11 Å². The van der Waals surface area contributed by atoms with Gasteiger partial charge in [-0.2, -0.15) is 0 Å². The van der Waals surface area contributed by atoms with Crippen LogP contribution in [0.25, 0.3) is 5.57 Å². The highest BCUT2D eigenvalue weighted by Gasteiger charge is 2.08. The topological polar surface area (TPSA) is 9.23 Å². The zero-order chi connectivity index (χ0) is 10.7. The van der Waals surface area contributed by atoms with Gasteiger partial charge in [0.15, 0.2) is 0 Å². The highest BCUT2D eigenvalue weighted by atomic mass is 19.1. The van der Waals surface area contributed by atoms with E-state index in [1.165, 1.54) is 17.7 Å². The Morgan fingerprint density at radius 3 is 2.33 bits per heavy atom. The molecule has 0 radical (unpaired) electrons. The maximum Gasteiger partial charge on any atom is 0.123 e. The molecule has 0 spiro atoms. The van der Waals surface area contributed by atoms with Gasteiger partial charge in [-0.05, 0) is 35.8 Å². The minimum absolute atomic E-state index is 0.191. The Kier molecular flexibility index (Phi) is 2.86. The first-order valence-corrected chi connectivity index (χ1v) is 4.99. The predicted molar refractivity (Wildman–Crippen MR) is 58.7 cm³/mol. The van der Waals surface area contributed by atoms with Crippen molar-refractivity contribution in [1.82, 2.24) is 0 Å². The molecule has 78 valence electrons. The van der Waals surface area contributed by atoms with Crippen LogP contribution in [0.4, 0.5) is 4.39 Å². The summed E-state index contributed by atoms with van der Waals surface area (Å²) in [5.74, 6) is 0.809. The molecule has 15 heavy (non-hydrogen) atoms. The summed E-state index contributed by atoms with van der Waals surface area (Å²) < 4.78 is 17.9. The van der Waals surface area contributed by atoms with E-state index in [1.807, 2.05) is 24.3 Å². The van der Waals surface area contributed by atoms with Gasteiger partial charge in [0.05, 0.1) is 12.9 Å². The van der Waals surface area contributed by atoms with Crippen LogP contribution in [0.1, 0.15) is 18.4 Å². The third kappa shape index (κ3) is 2.27. The summed E-state index contributed by atoms with van der Waals surface area (Å²) in [6, 6.07) is 6.61. The molecule has 0 aliphatic heterocycles. The van der Waals surface area contributed by atoms with Crippen LogP contribution in [0.3, 0.4) is 0 Å². The fraction of sp³-hybridized carbons (Fsp3) is 0.231. The van der Waals surface area contributed by atoms with Gasteiger partial charge < -0.3 is 4.74 Å². The first-order chi connectivity index (χ1) is 7.29. The smallest absolute Gasteiger partial charge is 0.123 e. The summed E-state index contributed by atoms with van der Waals surface area (Å²) in [4.78, 5) is 0. The Labute approximate surface area is 88.9 Å². The Morgan fingerprint density at radius 1 is 1.07 bits per heavy atom. The predicted octanol–water partition coefficient (Wildman–Crippen LogP) is 3.53. The van der Waals surface area contributed by atoms with E-state index in [1.54, 1.807) is 7.11 Å². The molecule has 0 saturated heterocycles. The first-order valence-electron chi connectivity index (χ1n) is 4.99. The third-order valence-electron chi connectivity index (χ3n) is 2.59. The number of hydrogen-bond donors (Lipinski definition) is 0. The number of rotatable bonds is 2. The summed E-state index contributed by atoms with van der Waals surface area (Å²) in [5, 5.41) is 0. The lowest BCUT2D eigenvalue weighted by molar-refractivity contribution is 0.277. The van der Waals surface area contributed by atoms with Crippen molar-refractivity contribution in [1.29, 1.82) is 0 Å². The molecule has 0 heterocycles. The van der Waals surface area contributed by atoms with Gasteiger partial charge in [-0.1, -0.05) is 18.2 Å². The molecule has 1 aliphatic carbocycles. The van der Waals surface area contributed by atoms with Crippen LogP contribution in [0.15, 0.2) is 42.2 Å². The summed E-state index contributed by atoms with van der Waals surface area (Å²) >= 11 is 0. The molecule has 2 rings (SSSR count). The molecule has 0 N–H and O–H groups in total. The summed E-state index contributed by atoms with van der Waals surface area (Å²) in [5.41, 5.74) is 2.32. The van der Waals surface area contributed by atoms with Gasteiger partial charge in [-0.25, -0.2) is 4.39 Å². The summed E-state index contributed by atoms with van der Waals surface area (Å²) in [7, 11) is 1.68. The third-order valence-corrected chi connectivity index (χ3v) is 2.59. The van der Waals surface area contributed by atoms with Gasteiger partial charge in [-0.15, -0.1) is 0 Å². The van der Waals surface area contributed by atoms with Crippen molar-refractivity contribution in [3.8, 4) is 0 Å². The van der Waals surface area contributed by atoms with Gasteiger partial charge in [0.1, 0.15) is 5.82 Å². The van der Waals surface area contributed by atoms with Crippen molar-refractivity contribution >= 4 is 5.57 Å². The molecule has 0 aromatic heterocycles. The van der Waals surface area contributed by atoms with Crippen molar-refractivity contribution < 1.29 is 9.13 Å². The second kappa shape index (κ2) is 4.30. The van der Waals surface area contributed by atoms with E-state index in [2.05, 4.69) is 0 Å². The fourth-order valence-corrected chi connectivity index (χ4v) is 1.69. The molecule has 1 aromatic rings. The number of ether oxygens (including phenoxy) is 1. The molecule has 0 bridgehead atoms. The highest BCUT2D eigenvalue weighted by Crippen LogP contribution is 2.26. The number of hydrogen-bond acceptors (Lipinski definition) is 1. The van der Waals surface area contributed by atoms with E-state index in [0.717, 1.165) is 24.2 Å². The van der Waals surface area contributed by atoms with Gasteiger partial charge in [0.2, 0.25) is 0 Å². The zero-order valence-corrected chi connectivity index (χ0v) is 8.66. The van der Waals surface area contributed by atoms with E-state index in [4.69, 9.17) is 4.74 Å². The minimum Gasteiger partial charge on any atom is -0.501 e. The quantitative estimate of drug-likeness (QED) is 0.716. The van der Waals surface area contributed by atoms with Gasteiger partial charge >= 0.3 is 0 Å². The molecule has 2 heteroatoms. The molecule has 1 aromatic carbocycles. The van der Waals surface area contributed by atoms with E-state index in [-0.39, 0.29) is 5.82 Å². The van der Waals surface area contributed by atoms with Gasteiger partial charge in [-0.3, -0.25) is 0 Å². The molecule has 0 unspecified atom stereocenters. The van der Waals surface area contributed by atoms with Crippen LogP contribution in [-0.2, 0) is 4.74 Å². The number of allylic oxidation sites excluding steroid dienone is 4.